The van der Waals surface area contributed by atoms with Gasteiger partial charge in [-0.25, -0.2) is 4.79 Å². The molecule has 1 aromatic carbocycles. The standard InChI is InChI=1S/C16H18N2O2/c1-11-8-12(10-18(9-11)16(19)20)13-4-2-6-15-14(13)5-3-7-17-15/h2-7,11-12H,8-10H2,1H3,(H,19,20)/t11-,12+/m1/s1. The zero-order valence-corrected chi connectivity index (χ0v) is 11.5. The van der Waals surface area contributed by atoms with Crippen molar-refractivity contribution in [2.24, 2.45) is 5.92 Å². The minimum Gasteiger partial charge on any atom is -0.465 e. The third-order valence-corrected chi connectivity index (χ3v) is 4.05. The van der Waals surface area contributed by atoms with E-state index in [4.69, 9.17) is 0 Å². The summed E-state index contributed by atoms with van der Waals surface area (Å²) in [6.45, 7) is 3.33. The van der Waals surface area contributed by atoms with Crippen LogP contribution in [0.1, 0.15) is 24.8 Å². The van der Waals surface area contributed by atoms with Gasteiger partial charge in [0.15, 0.2) is 0 Å². The first-order valence-corrected chi connectivity index (χ1v) is 6.96. The van der Waals surface area contributed by atoms with Gasteiger partial charge in [-0.15, -0.1) is 0 Å². The number of piperidine rings is 1. The molecule has 1 aliphatic rings. The second-order valence-electron chi connectivity index (χ2n) is 5.64. The molecule has 20 heavy (non-hydrogen) atoms. The molecule has 0 aliphatic carbocycles. The summed E-state index contributed by atoms with van der Waals surface area (Å²) in [5.41, 5.74) is 2.19. The van der Waals surface area contributed by atoms with E-state index < -0.39 is 6.09 Å². The number of carbonyl (C=O) groups is 1. The molecule has 1 amide bonds. The molecule has 0 saturated carbocycles. The number of carboxylic acid groups (broad SMARTS) is 1. The van der Waals surface area contributed by atoms with Gasteiger partial charge in [0, 0.05) is 30.6 Å². The van der Waals surface area contributed by atoms with Gasteiger partial charge in [-0.2, -0.15) is 0 Å². The number of aromatic nitrogens is 1. The van der Waals surface area contributed by atoms with Crippen LogP contribution >= 0.6 is 0 Å². The van der Waals surface area contributed by atoms with Gasteiger partial charge < -0.3 is 10.0 Å². The largest absolute Gasteiger partial charge is 0.465 e. The molecule has 1 aliphatic heterocycles. The topological polar surface area (TPSA) is 53.4 Å². The number of rotatable bonds is 1. The van der Waals surface area contributed by atoms with E-state index in [9.17, 15) is 9.90 Å². The minimum absolute atomic E-state index is 0.253. The minimum atomic E-state index is -0.820. The highest BCUT2D eigenvalue weighted by atomic mass is 16.4. The summed E-state index contributed by atoms with van der Waals surface area (Å²) in [7, 11) is 0. The monoisotopic (exact) mass is 270 g/mol. The highest BCUT2D eigenvalue weighted by molar-refractivity contribution is 5.82. The van der Waals surface area contributed by atoms with Crippen molar-refractivity contribution in [3.63, 3.8) is 0 Å². The number of nitrogens with zero attached hydrogens (tertiary/aromatic N) is 2. The van der Waals surface area contributed by atoms with Gasteiger partial charge in [0.2, 0.25) is 0 Å². The second kappa shape index (κ2) is 5.12. The van der Waals surface area contributed by atoms with Crippen LogP contribution in [0.15, 0.2) is 36.5 Å². The Morgan fingerprint density at radius 2 is 2.15 bits per heavy atom. The lowest BCUT2D eigenvalue weighted by Crippen LogP contribution is -2.41. The Labute approximate surface area is 118 Å². The van der Waals surface area contributed by atoms with Crippen molar-refractivity contribution < 1.29 is 9.90 Å². The molecule has 2 aromatic rings. The number of fused-ring (bicyclic) bond motifs is 1. The fourth-order valence-corrected chi connectivity index (χ4v) is 3.22. The van der Waals surface area contributed by atoms with Crippen molar-refractivity contribution >= 4 is 17.0 Å². The Morgan fingerprint density at radius 1 is 1.30 bits per heavy atom. The molecule has 1 fully saturated rings. The highest BCUT2D eigenvalue weighted by Crippen LogP contribution is 2.33. The number of hydrogen-bond donors (Lipinski definition) is 1. The average Bonchev–Trinajstić information content (AvgIpc) is 2.46. The first-order valence-electron chi connectivity index (χ1n) is 6.96. The lowest BCUT2D eigenvalue weighted by atomic mass is 9.84. The van der Waals surface area contributed by atoms with Crippen LogP contribution in [-0.4, -0.2) is 34.2 Å². The molecular weight excluding hydrogens is 252 g/mol. The summed E-state index contributed by atoms with van der Waals surface area (Å²) < 4.78 is 0. The Kier molecular flexibility index (Phi) is 3.30. The Bertz CT molecular complexity index is 636. The van der Waals surface area contributed by atoms with Crippen LogP contribution in [0.25, 0.3) is 10.9 Å². The first kappa shape index (κ1) is 12.9. The maximum Gasteiger partial charge on any atom is 0.407 e. The summed E-state index contributed by atoms with van der Waals surface area (Å²) in [5, 5.41) is 10.4. The van der Waals surface area contributed by atoms with E-state index in [1.807, 2.05) is 18.2 Å². The molecule has 104 valence electrons. The zero-order valence-electron chi connectivity index (χ0n) is 11.5. The fourth-order valence-electron chi connectivity index (χ4n) is 3.22. The van der Waals surface area contributed by atoms with Crippen molar-refractivity contribution in [1.29, 1.82) is 0 Å². The Balaban J connectivity index is 1.99. The molecule has 0 spiro atoms. The van der Waals surface area contributed by atoms with E-state index in [-0.39, 0.29) is 5.92 Å². The maximum atomic E-state index is 11.3. The predicted octanol–water partition coefficient (Wildman–Crippen LogP) is 3.34. The van der Waals surface area contributed by atoms with E-state index in [0.717, 1.165) is 17.3 Å². The van der Waals surface area contributed by atoms with Gasteiger partial charge >= 0.3 is 6.09 Å². The van der Waals surface area contributed by atoms with E-state index in [1.54, 1.807) is 6.20 Å². The molecule has 3 rings (SSSR count). The first-order chi connectivity index (χ1) is 9.65. The number of benzene rings is 1. The number of amides is 1. The lowest BCUT2D eigenvalue weighted by Gasteiger charge is -2.35. The Hall–Kier alpha value is -2.10. The van der Waals surface area contributed by atoms with E-state index in [0.29, 0.717) is 19.0 Å². The molecule has 1 saturated heterocycles. The van der Waals surface area contributed by atoms with Gasteiger partial charge in [-0.3, -0.25) is 4.98 Å². The van der Waals surface area contributed by atoms with E-state index in [1.165, 1.54) is 10.5 Å². The molecule has 2 heterocycles. The van der Waals surface area contributed by atoms with Crippen LogP contribution in [0.3, 0.4) is 0 Å². The van der Waals surface area contributed by atoms with Gasteiger partial charge in [0.1, 0.15) is 0 Å². The van der Waals surface area contributed by atoms with E-state index >= 15 is 0 Å². The Morgan fingerprint density at radius 3 is 2.95 bits per heavy atom. The predicted molar refractivity (Wildman–Crippen MR) is 77.9 cm³/mol. The lowest BCUT2D eigenvalue weighted by molar-refractivity contribution is 0.116. The van der Waals surface area contributed by atoms with Gasteiger partial charge in [0.05, 0.1) is 5.52 Å². The third kappa shape index (κ3) is 2.33. The summed E-state index contributed by atoms with van der Waals surface area (Å²) in [6.07, 6.45) is 2.00. The fraction of sp³-hybridized carbons (Fsp3) is 0.375. The number of hydrogen-bond acceptors (Lipinski definition) is 2. The molecule has 1 N–H and O–H groups in total. The summed E-state index contributed by atoms with van der Waals surface area (Å²) in [4.78, 5) is 17.2. The van der Waals surface area contributed by atoms with E-state index in [2.05, 4.69) is 24.0 Å². The summed E-state index contributed by atoms with van der Waals surface area (Å²) in [5.74, 6) is 0.638. The van der Waals surface area contributed by atoms with Crippen molar-refractivity contribution in [2.75, 3.05) is 13.1 Å². The van der Waals surface area contributed by atoms with Crippen LogP contribution < -0.4 is 0 Å². The van der Waals surface area contributed by atoms with Crippen molar-refractivity contribution in [3.05, 3.63) is 42.1 Å². The molecule has 0 radical (unpaired) electrons. The van der Waals surface area contributed by atoms with Crippen molar-refractivity contribution in [1.82, 2.24) is 9.88 Å². The molecule has 0 bridgehead atoms. The third-order valence-electron chi connectivity index (χ3n) is 4.05. The normalized spacial score (nSPS) is 22.9. The number of likely N-dealkylation sites (tertiary alicyclic amines) is 1. The van der Waals surface area contributed by atoms with Crippen LogP contribution in [-0.2, 0) is 0 Å². The molecule has 4 heteroatoms. The zero-order chi connectivity index (χ0) is 14.1. The van der Waals surface area contributed by atoms with Gasteiger partial charge in [-0.1, -0.05) is 25.1 Å². The van der Waals surface area contributed by atoms with Crippen LogP contribution in [0, 0.1) is 5.92 Å². The van der Waals surface area contributed by atoms with Crippen molar-refractivity contribution in [2.45, 2.75) is 19.3 Å². The average molecular weight is 270 g/mol. The molecular formula is C16H18N2O2. The molecule has 1 aromatic heterocycles. The van der Waals surface area contributed by atoms with Gasteiger partial charge in [-0.05, 0) is 30.0 Å². The number of pyridine rings is 1. The SMILES string of the molecule is C[C@@H]1C[C@H](c2cccc3ncccc23)CN(C(=O)O)C1. The molecule has 2 atom stereocenters. The quantitative estimate of drug-likeness (QED) is 0.864. The molecule has 4 nitrogen and oxygen atoms in total. The smallest absolute Gasteiger partial charge is 0.407 e. The van der Waals surface area contributed by atoms with Gasteiger partial charge in [0.25, 0.3) is 0 Å². The molecule has 0 unspecified atom stereocenters. The maximum absolute atomic E-state index is 11.3. The van der Waals surface area contributed by atoms with Crippen LogP contribution in [0.2, 0.25) is 0 Å². The van der Waals surface area contributed by atoms with Crippen LogP contribution in [0.5, 0.6) is 0 Å². The van der Waals surface area contributed by atoms with Crippen LogP contribution in [0.4, 0.5) is 4.79 Å². The highest BCUT2D eigenvalue weighted by Gasteiger charge is 2.29. The summed E-state index contributed by atoms with van der Waals surface area (Å²) >= 11 is 0. The summed E-state index contributed by atoms with van der Waals surface area (Å²) in [6, 6.07) is 10.1. The second-order valence-corrected chi connectivity index (χ2v) is 5.64. The van der Waals surface area contributed by atoms with Crippen molar-refractivity contribution in [3.8, 4) is 0 Å².